The van der Waals surface area contributed by atoms with E-state index >= 15 is 0 Å². The lowest BCUT2D eigenvalue weighted by molar-refractivity contribution is 0.0939. The Morgan fingerprint density at radius 2 is 2.00 bits per heavy atom. The molecule has 1 fully saturated rings. The van der Waals surface area contributed by atoms with Crippen molar-refractivity contribution in [3.05, 3.63) is 59.9 Å². The predicted octanol–water partition coefficient (Wildman–Crippen LogP) is 3.55. The molecular formula is C22H26N4O. The average Bonchev–Trinajstić information content (AvgIpc) is 3.47. The molecule has 3 aromatic rings. The molecule has 0 saturated heterocycles. The number of para-hydroxylation sites is 1. The third kappa shape index (κ3) is 3.60. The van der Waals surface area contributed by atoms with E-state index in [4.69, 9.17) is 0 Å². The van der Waals surface area contributed by atoms with E-state index in [0.29, 0.717) is 24.2 Å². The Hall–Kier alpha value is -2.66. The summed E-state index contributed by atoms with van der Waals surface area (Å²) in [7, 11) is 2.14. The molecule has 4 rings (SSSR count). The van der Waals surface area contributed by atoms with Gasteiger partial charge in [-0.3, -0.25) is 14.3 Å². The SMILES string of the molecule is Cc1nc2cc(C(=O)NCC(C)N(C)C3CC3)ccc2n1-c1ccccc1. The molecule has 27 heavy (non-hydrogen) atoms. The molecular weight excluding hydrogens is 336 g/mol. The molecule has 1 amide bonds. The van der Waals surface area contributed by atoms with E-state index in [-0.39, 0.29) is 5.91 Å². The third-order valence-corrected chi connectivity index (χ3v) is 5.47. The van der Waals surface area contributed by atoms with Gasteiger partial charge in [0.1, 0.15) is 5.82 Å². The number of fused-ring (bicyclic) bond motifs is 1. The average molecular weight is 362 g/mol. The van der Waals surface area contributed by atoms with Crippen LogP contribution in [0.2, 0.25) is 0 Å². The molecule has 0 bridgehead atoms. The topological polar surface area (TPSA) is 50.2 Å². The highest BCUT2D eigenvalue weighted by Gasteiger charge is 2.29. The maximum absolute atomic E-state index is 12.6. The lowest BCUT2D eigenvalue weighted by Gasteiger charge is -2.24. The highest BCUT2D eigenvalue weighted by Crippen LogP contribution is 2.27. The van der Waals surface area contributed by atoms with Crippen molar-refractivity contribution in [1.82, 2.24) is 19.8 Å². The molecule has 0 radical (unpaired) electrons. The van der Waals surface area contributed by atoms with E-state index < -0.39 is 0 Å². The normalized spacial score (nSPS) is 15.3. The highest BCUT2D eigenvalue weighted by atomic mass is 16.1. The minimum atomic E-state index is -0.0418. The summed E-state index contributed by atoms with van der Waals surface area (Å²) in [5.41, 5.74) is 3.58. The number of hydrogen-bond donors (Lipinski definition) is 1. The number of aryl methyl sites for hydroxylation is 1. The first-order chi connectivity index (χ1) is 13.0. The molecule has 2 aromatic carbocycles. The largest absolute Gasteiger partial charge is 0.350 e. The number of likely N-dealkylation sites (N-methyl/N-ethyl adjacent to an activating group) is 1. The van der Waals surface area contributed by atoms with Gasteiger partial charge in [-0.15, -0.1) is 0 Å². The summed E-state index contributed by atoms with van der Waals surface area (Å²) < 4.78 is 2.11. The second-order valence-corrected chi connectivity index (χ2v) is 7.49. The molecule has 1 aromatic heterocycles. The van der Waals surface area contributed by atoms with Crippen LogP contribution in [0.25, 0.3) is 16.7 Å². The molecule has 0 aliphatic heterocycles. The van der Waals surface area contributed by atoms with Crippen LogP contribution in [0.4, 0.5) is 0 Å². The van der Waals surface area contributed by atoms with Gasteiger partial charge in [-0.1, -0.05) is 18.2 Å². The quantitative estimate of drug-likeness (QED) is 0.730. The van der Waals surface area contributed by atoms with E-state index in [2.05, 4.69) is 45.9 Å². The van der Waals surface area contributed by atoms with Gasteiger partial charge in [-0.2, -0.15) is 0 Å². The van der Waals surface area contributed by atoms with Gasteiger partial charge in [-0.25, -0.2) is 4.98 Å². The number of benzene rings is 2. The van der Waals surface area contributed by atoms with Crippen LogP contribution in [0.5, 0.6) is 0 Å². The number of hydrogen-bond acceptors (Lipinski definition) is 3. The molecule has 1 heterocycles. The predicted molar refractivity (Wildman–Crippen MR) is 108 cm³/mol. The molecule has 5 nitrogen and oxygen atoms in total. The van der Waals surface area contributed by atoms with Gasteiger partial charge in [0.2, 0.25) is 0 Å². The van der Waals surface area contributed by atoms with Crippen molar-refractivity contribution in [3.63, 3.8) is 0 Å². The molecule has 1 atom stereocenters. The molecule has 1 N–H and O–H groups in total. The maximum Gasteiger partial charge on any atom is 0.251 e. The van der Waals surface area contributed by atoms with Crippen LogP contribution >= 0.6 is 0 Å². The van der Waals surface area contributed by atoms with Gasteiger partial charge in [0.05, 0.1) is 11.0 Å². The van der Waals surface area contributed by atoms with Crippen molar-refractivity contribution in [2.75, 3.05) is 13.6 Å². The summed E-state index contributed by atoms with van der Waals surface area (Å²) in [4.78, 5) is 19.6. The van der Waals surface area contributed by atoms with Gasteiger partial charge >= 0.3 is 0 Å². The minimum Gasteiger partial charge on any atom is -0.350 e. The minimum absolute atomic E-state index is 0.0418. The van der Waals surface area contributed by atoms with Crippen LogP contribution in [0.15, 0.2) is 48.5 Å². The summed E-state index contributed by atoms with van der Waals surface area (Å²) in [6.07, 6.45) is 2.55. The number of nitrogens with zero attached hydrogens (tertiary/aromatic N) is 3. The number of aromatic nitrogens is 2. The zero-order valence-electron chi connectivity index (χ0n) is 16.1. The summed E-state index contributed by atoms with van der Waals surface area (Å²) in [6, 6.07) is 16.9. The smallest absolute Gasteiger partial charge is 0.251 e. The van der Waals surface area contributed by atoms with Crippen molar-refractivity contribution >= 4 is 16.9 Å². The van der Waals surface area contributed by atoms with Gasteiger partial charge in [0, 0.05) is 29.9 Å². The van der Waals surface area contributed by atoms with Crippen LogP contribution in [-0.2, 0) is 0 Å². The number of rotatable bonds is 6. The number of nitrogens with one attached hydrogen (secondary N) is 1. The van der Waals surface area contributed by atoms with Crippen LogP contribution in [0.3, 0.4) is 0 Å². The van der Waals surface area contributed by atoms with E-state index in [0.717, 1.165) is 22.5 Å². The Balaban J connectivity index is 1.52. The fourth-order valence-electron chi connectivity index (χ4n) is 3.57. The second-order valence-electron chi connectivity index (χ2n) is 7.49. The van der Waals surface area contributed by atoms with Crippen molar-refractivity contribution < 1.29 is 4.79 Å². The van der Waals surface area contributed by atoms with Crippen LogP contribution in [-0.4, -0.2) is 46.0 Å². The fourth-order valence-corrected chi connectivity index (χ4v) is 3.57. The first-order valence-electron chi connectivity index (χ1n) is 9.59. The van der Waals surface area contributed by atoms with Gasteiger partial charge in [0.15, 0.2) is 0 Å². The molecule has 1 unspecified atom stereocenters. The Bertz CT molecular complexity index is 959. The van der Waals surface area contributed by atoms with E-state index in [1.165, 1.54) is 12.8 Å². The Labute approximate surface area is 160 Å². The molecule has 0 spiro atoms. The first kappa shape index (κ1) is 17.7. The van der Waals surface area contributed by atoms with Crippen molar-refractivity contribution in [3.8, 4) is 5.69 Å². The first-order valence-corrected chi connectivity index (χ1v) is 9.59. The Kier molecular flexibility index (Phi) is 4.70. The van der Waals surface area contributed by atoms with Gasteiger partial charge in [-0.05, 0) is 64.1 Å². The lowest BCUT2D eigenvalue weighted by atomic mass is 10.1. The third-order valence-electron chi connectivity index (χ3n) is 5.47. The molecule has 1 aliphatic carbocycles. The van der Waals surface area contributed by atoms with Crippen molar-refractivity contribution in [1.29, 1.82) is 0 Å². The number of carbonyl (C=O) groups is 1. The Morgan fingerprint density at radius 3 is 2.70 bits per heavy atom. The summed E-state index contributed by atoms with van der Waals surface area (Å²) >= 11 is 0. The van der Waals surface area contributed by atoms with Gasteiger partial charge < -0.3 is 5.32 Å². The van der Waals surface area contributed by atoms with E-state index in [1.807, 2.05) is 43.3 Å². The van der Waals surface area contributed by atoms with Crippen LogP contribution in [0.1, 0.15) is 35.9 Å². The van der Waals surface area contributed by atoms with Crippen LogP contribution in [0, 0.1) is 6.92 Å². The standard InChI is InChI=1S/C22H26N4O/c1-15(25(3)18-10-11-18)14-23-22(27)17-9-12-21-20(13-17)24-16(2)26(21)19-7-5-4-6-8-19/h4-9,12-13,15,18H,10-11,14H2,1-3H3,(H,23,27). The molecule has 1 saturated carbocycles. The molecule has 5 heteroatoms. The second kappa shape index (κ2) is 7.16. The monoisotopic (exact) mass is 362 g/mol. The highest BCUT2D eigenvalue weighted by molar-refractivity contribution is 5.97. The summed E-state index contributed by atoms with van der Waals surface area (Å²) in [6.45, 7) is 4.80. The van der Waals surface area contributed by atoms with Crippen molar-refractivity contribution in [2.45, 2.75) is 38.8 Å². The fraction of sp³-hybridized carbons (Fsp3) is 0.364. The van der Waals surface area contributed by atoms with Crippen LogP contribution < -0.4 is 5.32 Å². The zero-order valence-corrected chi connectivity index (χ0v) is 16.1. The van der Waals surface area contributed by atoms with Gasteiger partial charge in [0.25, 0.3) is 5.91 Å². The molecule has 1 aliphatic rings. The van der Waals surface area contributed by atoms with E-state index in [1.54, 1.807) is 0 Å². The summed E-state index contributed by atoms with van der Waals surface area (Å²) in [5, 5.41) is 3.06. The number of imidazole rings is 1. The number of carbonyl (C=O) groups excluding carboxylic acids is 1. The molecule has 140 valence electrons. The number of amides is 1. The van der Waals surface area contributed by atoms with Crippen molar-refractivity contribution in [2.24, 2.45) is 0 Å². The van der Waals surface area contributed by atoms with E-state index in [9.17, 15) is 4.79 Å². The summed E-state index contributed by atoms with van der Waals surface area (Å²) in [5.74, 6) is 0.869. The lowest BCUT2D eigenvalue weighted by Crippen LogP contribution is -2.41. The zero-order chi connectivity index (χ0) is 19.0. The Morgan fingerprint density at radius 1 is 1.26 bits per heavy atom. The maximum atomic E-state index is 12.6.